The van der Waals surface area contributed by atoms with Crippen molar-refractivity contribution in [2.45, 2.75) is 33.1 Å². The lowest BCUT2D eigenvalue weighted by Crippen LogP contribution is -2.28. The molecule has 0 saturated carbocycles. The first-order valence-electron chi connectivity index (χ1n) is 9.12. The number of likely N-dealkylation sites (tertiary alicyclic amines) is 1. The highest BCUT2D eigenvalue weighted by Gasteiger charge is 2.12. The van der Waals surface area contributed by atoms with Crippen LogP contribution in [0.2, 0.25) is 0 Å². The highest BCUT2D eigenvalue weighted by Crippen LogP contribution is 2.37. The molecule has 0 amide bonds. The molecule has 1 aromatic heterocycles. The average Bonchev–Trinajstić information content (AvgIpc) is 3.07. The molecule has 134 valence electrons. The second-order valence-electron chi connectivity index (χ2n) is 6.83. The summed E-state index contributed by atoms with van der Waals surface area (Å²) in [5, 5.41) is 1.90. The number of rotatable bonds is 4. The molecule has 1 saturated heterocycles. The summed E-state index contributed by atoms with van der Waals surface area (Å²) >= 11 is 1.40. The number of benzene rings is 2. The van der Waals surface area contributed by atoms with Gasteiger partial charge >= 0.3 is 0 Å². The average molecular weight is 366 g/mol. The Balaban J connectivity index is 1.56. The number of piperidine rings is 1. The Kier molecular flexibility index (Phi) is 4.89. The van der Waals surface area contributed by atoms with Crippen molar-refractivity contribution in [2.24, 2.45) is 4.99 Å². The third kappa shape index (κ3) is 3.58. The van der Waals surface area contributed by atoms with Crippen LogP contribution in [-0.4, -0.2) is 28.7 Å². The smallest absolute Gasteiger partial charge is 0.207 e. The number of aryl methyl sites for hydroxylation is 2. The van der Waals surface area contributed by atoms with Crippen LogP contribution in [0.5, 0.6) is 10.8 Å². The molecule has 0 bridgehead atoms. The SMILES string of the molecule is Cc1cc(Oc2snc3ccccc23)c(C)cc1N=CN1CCCCC1. The fraction of sp³-hybridized carbons (Fsp3) is 0.333. The van der Waals surface area contributed by atoms with Crippen molar-refractivity contribution < 1.29 is 4.74 Å². The van der Waals surface area contributed by atoms with Gasteiger partial charge in [-0.3, -0.25) is 0 Å². The lowest BCUT2D eigenvalue weighted by Gasteiger charge is -2.23. The van der Waals surface area contributed by atoms with Gasteiger partial charge in [0.15, 0.2) is 0 Å². The molecule has 0 aliphatic carbocycles. The summed E-state index contributed by atoms with van der Waals surface area (Å²) in [5.74, 6) is 0.869. The van der Waals surface area contributed by atoms with E-state index in [1.165, 1.54) is 30.8 Å². The summed E-state index contributed by atoms with van der Waals surface area (Å²) in [6, 6.07) is 12.3. The van der Waals surface area contributed by atoms with E-state index >= 15 is 0 Å². The van der Waals surface area contributed by atoms with Crippen LogP contribution in [0.3, 0.4) is 0 Å². The van der Waals surface area contributed by atoms with Gasteiger partial charge in [0.1, 0.15) is 5.75 Å². The third-order valence-corrected chi connectivity index (χ3v) is 5.55. The van der Waals surface area contributed by atoms with Gasteiger partial charge in [-0.1, -0.05) is 12.1 Å². The number of aromatic nitrogens is 1. The van der Waals surface area contributed by atoms with Crippen molar-refractivity contribution in [3.05, 3.63) is 47.5 Å². The highest BCUT2D eigenvalue weighted by molar-refractivity contribution is 7.09. The van der Waals surface area contributed by atoms with Gasteiger partial charge < -0.3 is 9.64 Å². The lowest BCUT2D eigenvalue weighted by molar-refractivity contribution is 0.351. The largest absolute Gasteiger partial charge is 0.444 e. The molecular formula is C21H23N3OS. The van der Waals surface area contributed by atoms with Crippen LogP contribution < -0.4 is 4.74 Å². The maximum atomic E-state index is 6.19. The maximum absolute atomic E-state index is 6.19. The first-order chi connectivity index (χ1) is 12.7. The Labute approximate surface area is 158 Å². The molecule has 4 nitrogen and oxygen atoms in total. The monoisotopic (exact) mass is 365 g/mol. The van der Waals surface area contributed by atoms with Gasteiger partial charge in [0.2, 0.25) is 5.06 Å². The van der Waals surface area contributed by atoms with Crippen molar-refractivity contribution in [2.75, 3.05) is 13.1 Å². The minimum absolute atomic E-state index is 0.840. The molecule has 3 aromatic rings. The fourth-order valence-corrected chi connectivity index (χ4v) is 3.98. The Morgan fingerprint density at radius 2 is 1.88 bits per heavy atom. The molecule has 0 radical (unpaired) electrons. The molecule has 0 N–H and O–H groups in total. The number of fused-ring (bicyclic) bond motifs is 1. The molecule has 26 heavy (non-hydrogen) atoms. The van der Waals surface area contributed by atoms with Crippen molar-refractivity contribution in [3.8, 4) is 10.8 Å². The molecule has 0 atom stereocenters. The lowest BCUT2D eigenvalue weighted by atomic mass is 10.1. The Hall–Kier alpha value is -2.40. The second kappa shape index (κ2) is 7.46. The van der Waals surface area contributed by atoms with E-state index in [2.05, 4.69) is 35.3 Å². The number of ether oxygens (including phenoxy) is 1. The summed E-state index contributed by atoms with van der Waals surface area (Å²) in [6.07, 6.45) is 5.86. The van der Waals surface area contributed by atoms with Gasteiger partial charge in [0.05, 0.1) is 22.9 Å². The van der Waals surface area contributed by atoms with Crippen LogP contribution in [0.25, 0.3) is 10.9 Å². The van der Waals surface area contributed by atoms with Crippen LogP contribution in [0, 0.1) is 13.8 Å². The van der Waals surface area contributed by atoms with E-state index in [0.717, 1.165) is 51.6 Å². The van der Waals surface area contributed by atoms with Crippen LogP contribution in [0.1, 0.15) is 30.4 Å². The summed E-state index contributed by atoms with van der Waals surface area (Å²) in [4.78, 5) is 7.03. The molecule has 2 aromatic carbocycles. The molecule has 0 spiro atoms. The zero-order chi connectivity index (χ0) is 17.9. The number of hydrogen-bond acceptors (Lipinski definition) is 4. The Morgan fingerprint density at radius 3 is 2.73 bits per heavy atom. The van der Waals surface area contributed by atoms with E-state index < -0.39 is 0 Å². The van der Waals surface area contributed by atoms with E-state index in [4.69, 9.17) is 9.73 Å². The number of nitrogens with zero attached hydrogens (tertiary/aromatic N) is 3. The summed E-state index contributed by atoms with van der Waals surface area (Å²) in [6.45, 7) is 6.38. The second-order valence-corrected chi connectivity index (χ2v) is 7.57. The van der Waals surface area contributed by atoms with E-state index in [9.17, 15) is 0 Å². The topological polar surface area (TPSA) is 37.7 Å². The van der Waals surface area contributed by atoms with Gasteiger partial charge in [-0.2, -0.15) is 4.37 Å². The van der Waals surface area contributed by atoms with Gasteiger partial charge in [-0.05, 0) is 68.5 Å². The van der Waals surface area contributed by atoms with E-state index in [1.54, 1.807) is 0 Å². The third-order valence-electron chi connectivity index (χ3n) is 4.80. The number of hydrogen-bond donors (Lipinski definition) is 0. The molecule has 1 fully saturated rings. The van der Waals surface area contributed by atoms with Crippen molar-refractivity contribution >= 4 is 34.5 Å². The molecule has 2 heterocycles. The quantitative estimate of drug-likeness (QED) is 0.430. The van der Waals surface area contributed by atoms with Crippen LogP contribution >= 0.6 is 11.5 Å². The molecule has 4 rings (SSSR count). The van der Waals surface area contributed by atoms with Crippen LogP contribution in [0.4, 0.5) is 5.69 Å². The van der Waals surface area contributed by atoms with Crippen molar-refractivity contribution in [1.82, 2.24) is 9.27 Å². The standard InChI is InChI=1S/C21H23N3OS/c1-15-13-20(25-21-17-8-4-5-9-18(17)23-26-21)16(2)12-19(15)22-14-24-10-6-3-7-11-24/h4-5,8-9,12-14H,3,6-7,10-11H2,1-2H3. The van der Waals surface area contributed by atoms with Crippen molar-refractivity contribution in [1.29, 1.82) is 0 Å². The predicted octanol–water partition coefficient (Wildman–Crippen LogP) is 5.85. The minimum atomic E-state index is 0.840. The zero-order valence-electron chi connectivity index (χ0n) is 15.2. The summed E-state index contributed by atoms with van der Waals surface area (Å²) in [5.41, 5.74) is 4.19. The molecule has 5 heteroatoms. The first-order valence-corrected chi connectivity index (χ1v) is 9.90. The fourth-order valence-electron chi connectivity index (χ4n) is 3.24. The normalized spacial score (nSPS) is 15.1. The summed E-state index contributed by atoms with van der Waals surface area (Å²) in [7, 11) is 0. The Bertz CT molecular complexity index is 942. The predicted molar refractivity (Wildman–Crippen MR) is 109 cm³/mol. The van der Waals surface area contributed by atoms with Crippen LogP contribution in [-0.2, 0) is 0 Å². The highest BCUT2D eigenvalue weighted by atomic mass is 32.1. The summed E-state index contributed by atoms with van der Waals surface area (Å²) < 4.78 is 10.6. The van der Waals surface area contributed by atoms with Crippen molar-refractivity contribution in [3.63, 3.8) is 0 Å². The number of aliphatic imine (C=N–C) groups is 1. The van der Waals surface area contributed by atoms with E-state index in [-0.39, 0.29) is 0 Å². The Morgan fingerprint density at radius 1 is 1.08 bits per heavy atom. The first kappa shape index (κ1) is 17.0. The van der Waals surface area contributed by atoms with Crippen LogP contribution in [0.15, 0.2) is 41.4 Å². The van der Waals surface area contributed by atoms with Gasteiger partial charge in [0.25, 0.3) is 0 Å². The zero-order valence-corrected chi connectivity index (χ0v) is 16.1. The van der Waals surface area contributed by atoms with Gasteiger partial charge in [-0.15, -0.1) is 0 Å². The molecule has 1 aliphatic rings. The van der Waals surface area contributed by atoms with E-state index in [1.807, 2.05) is 30.6 Å². The van der Waals surface area contributed by atoms with Gasteiger partial charge in [0, 0.05) is 24.6 Å². The van der Waals surface area contributed by atoms with E-state index in [0.29, 0.717) is 0 Å². The molecular weight excluding hydrogens is 342 g/mol. The molecule has 0 unspecified atom stereocenters. The maximum Gasteiger partial charge on any atom is 0.207 e. The molecule has 1 aliphatic heterocycles. The van der Waals surface area contributed by atoms with Gasteiger partial charge in [-0.25, -0.2) is 4.99 Å². The minimum Gasteiger partial charge on any atom is -0.444 e.